The normalized spacial score (nSPS) is 12.0. The van der Waals surface area contributed by atoms with Gasteiger partial charge in [-0.2, -0.15) is 0 Å². The molecule has 0 fully saturated rings. The van der Waals surface area contributed by atoms with Gasteiger partial charge in [0.25, 0.3) is 5.91 Å². The summed E-state index contributed by atoms with van der Waals surface area (Å²) >= 11 is 1.65. The van der Waals surface area contributed by atoms with Gasteiger partial charge in [0, 0.05) is 10.4 Å². The molecular formula is C16H20N2O2S. The zero-order valence-electron chi connectivity index (χ0n) is 13.0. The molecular weight excluding hydrogens is 284 g/mol. The summed E-state index contributed by atoms with van der Waals surface area (Å²) in [7, 11) is 1.61. The van der Waals surface area contributed by atoms with Crippen LogP contribution in [0.1, 0.15) is 44.5 Å². The van der Waals surface area contributed by atoms with Crippen molar-refractivity contribution < 1.29 is 9.53 Å². The van der Waals surface area contributed by atoms with E-state index < -0.39 is 0 Å². The average molecular weight is 304 g/mol. The van der Waals surface area contributed by atoms with Crippen molar-refractivity contribution >= 4 is 17.2 Å². The molecule has 4 nitrogen and oxygen atoms in total. The topological polar surface area (TPSA) is 51.2 Å². The molecule has 21 heavy (non-hydrogen) atoms. The van der Waals surface area contributed by atoms with Gasteiger partial charge in [-0.3, -0.25) is 4.79 Å². The van der Waals surface area contributed by atoms with Crippen LogP contribution < -0.4 is 10.1 Å². The van der Waals surface area contributed by atoms with Crippen LogP contribution in [0.15, 0.2) is 18.2 Å². The number of nitrogens with one attached hydrogen (secondary N) is 1. The van der Waals surface area contributed by atoms with Crippen LogP contribution in [0.25, 0.3) is 0 Å². The third kappa shape index (κ3) is 3.42. The fourth-order valence-corrected chi connectivity index (χ4v) is 3.17. The lowest BCUT2D eigenvalue weighted by Gasteiger charge is -2.14. The first-order valence-corrected chi connectivity index (χ1v) is 7.63. The Kier molecular flexibility index (Phi) is 4.63. The van der Waals surface area contributed by atoms with Gasteiger partial charge in [-0.25, -0.2) is 4.98 Å². The Balaban J connectivity index is 2.16. The minimum absolute atomic E-state index is 0.116. The predicted molar refractivity (Wildman–Crippen MR) is 85.2 cm³/mol. The number of rotatable bonds is 4. The van der Waals surface area contributed by atoms with Crippen molar-refractivity contribution in [2.45, 2.75) is 33.7 Å². The van der Waals surface area contributed by atoms with Crippen LogP contribution in [0, 0.1) is 20.8 Å². The number of benzene rings is 1. The van der Waals surface area contributed by atoms with Crippen molar-refractivity contribution in [2.75, 3.05) is 7.11 Å². The first-order chi connectivity index (χ1) is 9.92. The quantitative estimate of drug-likeness (QED) is 0.939. The van der Waals surface area contributed by atoms with Crippen LogP contribution in [0.4, 0.5) is 0 Å². The maximum atomic E-state index is 12.3. The minimum atomic E-state index is -0.120. The molecule has 2 rings (SSSR count). The molecule has 0 saturated heterocycles. The zero-order chi connectivity index (χ0) is 15.6. The minimum Gasteiger partial charge on any atom is -0.496 e. The summed E-state index contributed by atoms with van der Waals surface area (Å²) in [5, 5.41) is 4.00. The van der Waals surface area contributed by atoms with E-state index in [9.17, 15) is 4.79 Å². The molecule has 0 spiro atoms. The number of amides is 1. The van der Waals surface area contributed by atoms with Crippen LogP contribution >= 0.6 is 11.3 Å². The third-order valence-electron chi connectivity index (χ3n) is 3.37. The molecule has 0 unspecified atom stereocenters. The van der Waals surface area contributed by atoms with E-state index in [2.05, 4.69) is 10.3 Å². The van der Waals surface area contributed by atoms with Crippen molar-refractivity contribution in [1.29, 1.82) is 0 Å². The number of nitrogens with zero attached hydrogens (tertiary/aromatic N) is 1. The number of aromatic nitrogens is 1. The highest BCUT2D eigenvalue weighted by Gasteiger charge is 2.17. The van der Waals surface area contributed by atoms with Crippen LogP contribution in [0.5, 0.6) is 5.75 Å². The van der Waals surface area contributed by atoms with Crippen molar-refractivity contribution in [1.82, 2.24) is 10.3 Å². The van der Waals surface area contributed by atoms with Gasteiger partial charge >= 0.3 is 0 Å². The molecule has 0 saturated carbocycles. The Bertz CT molecular complexity index is 664. The lowest BCUT2D eigenvalue weighted by molar-refractivity contribution is 0.0939. The number of hydrogen-bond donors (Lipinski definition) is 1. The van der Waals surface area contributed by atoms with Gasteiger partial charge in [-0.05, 0) is 45.4 Å². The fraction of sp³-hybridized carbons (Fsp3) is 0.375. The van der Waals surface area contributed by atoms with E-state index in [-0.39, 0.29) is 11.9 Å². The molecule has 1 aromatic heterocycles. The molecule has 0 bridgehead atoms. The van der Waals surface area contributed by atoms with Gasteiger partial charge in [0.15, 0.2) is 0 Å². The number of hydrogen-bond acceptors (Lipinski definition) is 4. The maximum Gasteiger partial charge on any atom is 0.251 e. The molecule has 1 heterocycles. The van der Waals surface area contributed by atoms with Gasteiger partial charge < -0.3 is 10.1 Å². The Morgan fingerprint density at radius 2 is 2.05 bits per heavy atom. The fourth-order valence-electron chi connectivity index (χ4n) is 2.26. The number of carbonyl (C=O) groups excluding carboxylic acids is 1. The van der Waals surface area contributed by atoms with E-state index in [0.717, 1.165) is 26.9 Å². The first kappa shape index (κ1) is 15.5. The summed E-state index contributed by atoms with van der Waals surface area (Å²) in [6.07, 6.45) is 0. The molecule has 0 aliphatic rings. The van der Waals surface area contributed by atoms with E-state index in [1.165, 1.54) is 0 Å². The molecule has 0 aliphatic carbocycles. The molecule has 112 valence electrons. The summed E-state index contributed by atoms with van der Waals surface area (Å²) in [6.45, 7) is 7.90. The Hall–Kier alpha value is -1.88. The van der Waals surface area contributed by atoms with Crippen molar-refractivity contribution in [3.05, 3.63) is 44.9 Å². The lowest BCUT2D eigenvalue weighted by Crippen LogP contribution is -2.27. The van der Waals surface area contributed by atoms with Crippen LogP contribution in [0.2, 0.25) is 0 Å². The molecule has 1 atom stereocenters. The van der Waals surface area contributed by atoms with E-state index in [0.29, 0.717) is 5.56 Å². The Morgan fingerprint density at radius 1 is 1.33 bits per heavy atom. The lowest BCUT2D eigenvalue weighted by atomic mass is 10.1. The monoisotopic (exact) mass is 304 g/mol. The molecule has 2 aromatic rings. The van der Waals surface area contributed by atoms with Crippen molar-refractivity contribution in [3.8, 4) is 5.75 Å². The zero-order valence-corrected chi connectivity index (χ0v) is 13.8. The first-order valence-electron chi connectivity index (χ1n) is 6.81. The second-order valence-electron chi connectivity index (χ2n) is 5.05. The SMILES string of the molecule is COc1cc(C(=O)N[C@@H](C)c2nc(C)sc2C)ccc1C. The second-order valence-corrected chi connectivity index (χ2v) is 6.46. The molecule has 0 aliphatic heterocycles. The van der Waals surface area contributed by atoms with Crippen molar-refractivity contribution in [3.63, 3.8) is 0 Å². The van der Waals surface area contributed by atoms with Gasteiger partial charge in [0.1, 0.15) is 5.75 Å². The average Bonchev–Trinajstić information content (AvgIpc) is 2.78. The van der Waals surface area contributed by atoms with Gasteiger partial charge in [0.05, 0.1) is 23.9 Å². The molecule has 0 radical (unpaired) electrons. The second kappa shape index (κ2) is 6.26. The standard InChI is InChI=1S/C16H20N2O2S/c1-9-6-7-13(8-14(9)20-5)16(19)17-10(2)15-11(3)21-12(4)18-15/h6-8,10H,1-5H3,(H,17,19)/t10-/m0/s1. The number of thiazole rings is 1. The number of aryl methyl sites for hydroxylation is 3. The Morgan fingerprint density at radius 3 is 2.62 bits per heavy atom. The predicted octanol–water partition coefficient (Wildman–Crippen LogP) is 3.57. The number of carbonyl (C=O) groups is 1. The summed E-state index contributed by atoms with van der Waals surface area (Å²) in [6, 6.07) is 5.33. The third-order valence-corrected chi connectivity index (χ3v) is 4.27. The smallest absolute Gasteiger partial charge is 0.251 e. The molecule has 1 N–H and O–H groups in total. The summed E-state index contributed by atoms with van der Waals surface area (Å²) in [4.78, 5) is 18.0. The largest absolute Gasteiger partial charge is 0.496 e. The summed E-state index contributed by atoms with van der Waals surface area (Å²) in [5.41, 5.74) is 2.53. The van der Waals surface area contributed by atoms with E-state index in [4.69, 9.17) is 4.74 Å². The number of ether oxygens (including phenoxy) is 1. The van der Waals surface area contributed by atoms with E-state index in [1.54, 1.807) is 30.6 Å². The molecule has 1 amide bonds. The number of methoxy groups -OCH3 is 1. The van der Waals surface area contributed by atoms with E-state index in [1.807, 2.05) is 33.8 Å². The highest BCUT2D eigenvalue weighted by atomic mass is 32.1. The molecule has 5 heteroatoms. The maximum absolute atomic E-state index is 12.3. The van der Waals surface area contributed by atoms with Crippen LogP contribution in [-0.4, -0.2) is 18.0 Å². The summed E-state index contributed by atoms with van der Waals surface area (Å²) < 4.78 is 5.26. The summed E-state index contributed by atoms with van der Waals surface area (Å²) in [5.74, 6) is 0.599. The van der Waals surface area contributed by atoms with Gasteiger partial charge in [-0.1, -0.05) is 6.07 Å². The highest BCUT2D eigenvalue weighted by molar-refractivity contribution is 7.11. The van der Waals surface area contributed by atoms with Gasteiger partial charge in [-0.15, -0.1) is 11.3 Å². The van der Waals surface area contributed by atoms with Gasteiger partial charge in [0.2, 0.25) is 0 Å². The molecule has 1 aromatic carbocycles. The van der Waals surface area contributed by atoms with E-state index >= 15 is 0 Å². The highest BCUT2D eigenvalue weighted by Crippen LogP contribution is 2.23. The Labute approximate surface area is 129 Å². The van der Waals surface area contributed by atoms with Crippen LogP contribution in [-0.2, 0) is 0 Å². The van der Waals surface area contributed by atoms with Crippen molar-refractivity contribution in [2.24, 2.45) is 0 Å². The van der Waals surface area contributed by atoms with Crippen LogP contribution in [0.3, 0.4) is 0 Å².